The van der Waals surface area contributed by atoms with Gasteiger partial charge in [0.05, 0.1) is 5.69 Å². The van der Waals surface area contributed by atoms with Crippen LogP contribution in [-0.2, 0) is 9.53 Å². The number of rotatable bonds is 3. The number of alkyl carbamates (subject to hydrolysis) is 1. The number of ether oxygens (including phenoxy) is 1. The molecule has 1 aromatic rings. The van der Waals surface area contributed by atoms with Gasteiger partial charge >= 0.3 is 6.09 Å². The van der Waals surface area contributed by atoms with Crippen molar-refractivity contribution in [3.05, 3.63) is 18.0 Å². The number of aromatic amines is 1. The molecule has 0 aromatic carbocycles. The van der Waals surface area contributed by atoms with Gasteiger partial charge in [-0.15, -0.1) is 0 Å². The lowest BCUT2D eigenvalue weighted by Gasteiger charge is -2.21. The van der Waals surface area contributed by atoms with Gasteiger partial charge in [0.25, 0.3) is 0 Å². The average molecular weight is 225 g/mol. The zero-order chi connectivity index (χ0) is 12.2. The molecule has 0 radical (unpaired) electrons. The standard InChI is InChI=1S/C10H15N3O3/c1-10(2,3)16-9(15)12-8(6-14)7-4-5-11-13-7/h4-6,8H,1-3H3,(H,11,13)(H,12,15). The first kappa shape index (κ1) is 12.2. The number of hydrogen-bond donors (Lipinski definition) is 2. The molecule has 1 amide bonds. The van der Waals surface area contributed by atoms with Gasteiger partial charge in [-0.3, -0.25) is 5.10 Å². The third-order valence-electron chi connectivity index (χ3n) is 1.67. The molecule has 0 aliphatic rings. The molecule has 88 valence electrons. The summed E-state index contributed by atoms with van der Waals surface area (Å²) in [6.07, 6.45) is 1.47. The van der Waals surface area contributed by atoms with Crippen LogP contribution >= 0.6 is 0 Å². The minimum atomic E-state index is -0.766. The summed E-state index contributed by atoms with van der Waals surface area (Å²) in [5, 5.41) is 8.73. The van der Waals surface area contributed by atoms with E-state index in [2.05, 4.69) is 15.5 Å². The molecule has 1 heterocycles. The van der Waals surface area contributed by atoms with E-state index in [1.807, 2.05) is 0 Å². The highest BCUT2D eigenvalue weighted by molar-refractivity contribution is 5.74. The molecule has 1 atom stereocenters. The highest BCUT2D eigenvalue weighted by Crippen LogP contribution is 2.10. The van der Waals surface area contributed by atoms with E-state index in [1.165, 1.54) is 6.20 Å². The maximum Gasteiger partial charge on any atom is 0.408 e. The first-order valence-corrected chi connectivity index (χ1v) is 4.86. The van der Waals surface area contributed by atoms with E-state index in [0.29, 0.717) is 12.0 Å². The van der Waals surface area contributed by atoms with E-state index >= 15 is 0 Å². The number of carbonyl (C=O) groups is 2. The number of aromatic nitrogens is 2. The molecule has 0 aliphatic heterocycles. The second-order valence-corrected chi connectivity index (χ2v) is 4.27. The topological polar surface area (TPSA) is 84.1 Å². The molecule has 0 spiro atoms. The number of aldehydes is 1. The quantitative estimate of drug-likeness (QED) is 0.756. The Morgan fingerprint density at radius 2 is 2.31 bits per heavy atom. The van der Waals surface area contributed by atoms with E-state index in [9.17, 15) is 9.59 Å². The summed E-state index contributed by atoms with van der Waals surface area (Å²) in [5.74, 6) is 0. The lowest BCUT2D eigenvalue weighted by Crippen LogP contribution is -2.35. The van der Waals surface area contributed by atoms with E-state index < -0.39 is 17.7 Å². The Bertz CT molecular complexity index is 354. The Kier molecular flexibility index (Phi) is 3.65. The van der Waals surface area contributed by atoms with Crippen molar-refractivity contribution in [2.75, 3.05) is 0 Å². The van der Waals surface area contributed by atoms with Crippen molar-refractivity contribution in [1.29, 1.82) is 0 Å². The van der Waals surface area contributed by atoms with Crippen molar-refractivity contribution in [3.63, 3.8) is 0 Å². The molecule has 16 heavy (non-hydrogen) atoms. The second-order valence-electron chi connectivity index (χ2n) is 4.27. The van der Waals surface area contributed by atoms with Gasteiger partial charge in [0.2, 0.25) is 0 Å². The number of nitrogens with zero attached hydrogens (tertiary/aromatic N) is 1. The predicted octanol–water partition coefficient (Wildman–Crippen LogP) is 1.17. The number of hydrogen-bond acceptors (Lipinski definition) is 4. The zero-order valence-electron chi connectivity index (χ0n) is 9.48. The van der Waals surface area contributed by atoms with Gasteiger partial charge < -0.3 is 14.8 Å². The third-order valence-corrected chi connectivity index (χ3v) is 1.67. The fourth-order valence-corrected chi connectivity index (χ4v) is 1.06. The Morgan fingerprint density at radius 3 is 2.75 bits per heavy atom. The second kappa shape index (κ2) is 4.78. The lowest BCUT2D eigenvalue weighted by molar-refractivity contribution is -0.109. The third kappa shape index (κ3) is 3.72. The van der Waals surface area contributed by atoms with Crippen LogP contribution in [0.4, 0.5) is 4.79 Å². The summed E-state index contributed by atoms with van der Waals surface area (Å²) in [6, 6.07) is 0.841. The Balaban J connectivity index is 2.58. The molecule has 6 heteroatoms. The number of H-pyrrole nitrogens is 1. The summed E-state index contributed by atoms with van der Waals surface area (Å²) in [4.78, 5) is 22.2. The Labute approximate surface area is 93.4 Å². The number of nitrogens with one attached hydrogen (secondary N) is 2. The highest BCUT2D eigenvalue weighted by atomic mass is 16.6. The van der Waals surface area contributed by atoms with E-state index in [0.717, 1.165) is 0 Å². The molecule has 0 bridgehead atoms. The van der Waals surface area contributed by atoms with Crippen LogP contribution in [0.3, 0.4) is 0 Å². The summed E-state index contributed by atoms with van der Waals surface area (Å²) >= 11 is 0. The van der Waals surface area contributed by atoms with E-state index in [4.69, 9.17) is 4.74 Å². The maximum atomic E-state index is 11.4. The monoisotopic (exact) mass is 225 g/mol. The molecule has 6 nitrogen and oxygen atoms in total. The first-order chi connectivity index (χ1) is 7.42. The van der Waals surface area contributed by atoms with Crippen LogP contribution in [0.5, 0.6) is 0 Å². The van der Waals surface area contributed by atoms with Crippen LogP contribution in [0.2, 0.25) is 0 Å². The minimum absolute atomic E-state index is 0.515. The van der Waals surface area contributed by atoms with Crippen LogP contribution in [-0.4, -0.2) is 28.2 Å². The molecule has 1 unspecified atom stereocenters. The normalized spacial score (nSPS) is 12.9. The van der Waals surface area contributed by atoms with Crippen LogP contribution in [0.1, 0.15) is 32.5 Å². The van der Waals surface area contributed by atoms with Crippen LogP contribution in [0, 0.1) is 0 Å². The summed E-state index contributed by atoms with van der Waals surface area (Å²) in [6.45, 7) is 5.25. The van der Waals surface area contributed by atoms with Crippen molar-refractivity contribution < 1.29 is 14.3 Å². The molecule has 0 saturated heterocycles. The molecular formula is C10H15N3O3. The Morgan fingerprint density at radius 1 is 1.62 bits per heavy atom. The smallest absolute Gasteiger partial charge is 0.408 e. The van der Waals surface area contributed by atoms with Crippen LogP contribution < -0.4 is 5.32 Å². The van der Waals surface area contributed by atoms with Gasteiger partial charge in [-0.1, -0.05) is 0 Å². The van der Waals surface area contributed by atoms with Gasteiger partial charge in [-0.05, 0) is 26.8 Å². The largest absolute Gasteiger partial charge is 0.444 e. The molecule has 0 saturated carbocycles. The van der Waals surface area contributed by atoms with Crippen molar-refractivity contribution in [3.8, 4) is 0 Å². The number of amides is 1. The lowest BCUT2D eigenvalue weighted by atomic mass is 10.2. The van der Waals surface area contributed by atoms with Crippen molar-refractivity contribution in [2.45, 2.75) is 32.4 Å². The van der Waals surface area contributed by atoms with E-state index in [1.54, 1.807) is 26.8 Å². The predicted molar refractivity (Wildman–Crippen MR) is 56.8 cm³/mol. The maximum absolute atomic E-state index is 11.4. The zero-order valence-corrected chi connectivity index (χ0v) is 9.48. The molecule has 0 aliphatic carbocycles. The molecule has 2 N–H and O–H groups in total. The average Bonchev–Trinajstić information content (AvgIpc) is 2.63. The van der Waals surface area contributed by atoms with Gasteiger partial charge in [-0.25, -0.2) is 4.79 Å². The van der Waals surface area contributed by atoms with Gasteiger partial charge in [0, 0.05) is 6.20 Å². The molecule has 1 aromatic heterocycles. The van der Waals surface area contributed by atoms with Crippen LogP contribution in [0.25, 0.3) is 0 Å². The first-order valence-electron chi connectivity index (χ1n) is 4.86. The molecule has 1 rings (SSSR count). The summed E-state index contributed by atoms with van der Waals surface area (Å²) in [7, 11) is 0. The van der Waals surface area contributed by atoms with Crippen molar-refractivity contribution in [1.82, 2.24) is 15.5 Å². The van der Waals surface area contributed by atoms with Crippen LogP contribution in [0.15, 0.2) is 12.3 Å². The van der Waals surface area contributed by atoms with Crippen molar-refractivity contribution >= 4 is 12.4 Å². The summed E-state index contributed by atoms with van der Waals surface area (Å²) in [5.41, 5.74) is -0.0771. The number of carbonyl (C=O) groups excluding carboxylic acids is 2. The fraction of sp³-hybridized carbons (Fsp3) is 0.500. The van der Waals surface area contributed by atoms with E-state index in [-0.39, 0.29) is 0 Å². The van der Waals surface area contributed by atoms with Gasteiger partial charge in [0.1, 0.15) is 17.9 Å². The Hall–Kier alpha value is -1.85. The van der Waals surface area contributed by atoms with Crippen molar-refractivity contribution in [2.24, 2.45) is 0 Å². The summed E-state index contributed by atoms with van der Waals surface area (Å²) < 4.78 is 5.02. The van der Waals surface area contributed by atoms with Gasteiger partial charge in [0.15, 0.2) is 0 Å². The molecule has 0 fully saturated rings. The fourth-order valence-electron chi connectivity index (χ4n) is 1.06. The SMILES string of the molecule is CC(C)(C)OC(=O)NC(C=O)c1ccn[nH]1. The van der Waals surface area contributed by atoms with Gasteiger partial charge in [-0.2, -0.15) is 5.10 Å². The minimum Gasteiger partial charge on any atom is -0.444 e. The molecular weight excluding hydrogens is 210 g/mol. The highest BCUT2D eigenvalue weighted by Gasteiger charge is 2.20.